The molecule has 2 aromatic rings. The molecule has 0 nitrogen and oxygen atoms in total. The van der Waals surface area contributed by atoms with Gasteiger partial charge in [0.15, 0.2) is 0 Å². The maximum Gasteiger partial charge on any atom is 0.0249 e. The first-order valence-corrected chi connectivity index (χ1v) is 13.5. The van der Waals surface area contributed by atoms with E-state index in [1.807, 2.05) is 0 Å². The van der Waals surface area contributed by atoms with Gasteiger partial charge in [0.25, 0.3) is 0 Å². The van der Waals surface area contributed by atoms with Gasteiger partial charge in [0, 0.05) is 11.1 Å². The maximum atomic E-state index is 3.37. The summed E-state index contributed by atoms with van der Waals surface area (Å²) in [7, 11) is 0. The Morgan fingerprint density at radius 3 is 1.62 bits per heavy atom. The molecule has 0 radical (unpaired) electrons. The molecule has 2 aliphatic carbocycles. The monoisotopic (exact) mass is 426 g/mol. The molecule has 0 N–H and O–H groups in total. The fraction of sp³-hybridized carbons (Fsp3) is 0.562. The second-order valence-electron chi connectivity index (χ2n) is 10.4. The largest absolute Gasteiger partial charge is 0.0654 e. The first-order chi connectivity index (χ1) is 15.8. The Kier molecular flexibility index (Phi) is 8.90. The van der Waals surface area contributed by atoms with Crippen LogP contribution in [0.25, 0.3) is 0 Å². The van der Waals surface area contributed by atoms with Gasteiger partial charge in [-0.3, -0.25) is 0 Å². The van der Waals surface area contributed by atoms with E-state index in [9.17, 15) is 0 Å². The van der Waals surface area contributed by atoms with E-state index in [0.29, 0.717) is 0 Å². The molecule has 2 saturated carbocycles. The second-order valence-corrected chi connectivity index (χ2v) is 10.4. The zero-order valence-electron chi connectivity index (χ0n) is 20.3. The van der Waals surface area contributed by atoms with E-state index in [0.717, 1.165) is 28.9 Å². The van der Waals surface area contributed by atoms with Crippen molar-refractivity contribution >= 4 is 0 Å². The zero-order valence-corrected chi connectivity index (χ0v) is 20.3. The number of rotatable bonds is 8. The minimum absolute atomic E-state index is 0.761. The van der Waals surface area contributed by atoms with Crippen LogP contribution < -0.4 is 0 Å². The predicted octanol–water partition coefficient (Wildman–Crippen LogP) is 9.38. The van der Waals surface area contributed by atoms with E-state index in [-0.39, 0.29) is 0 Å². The van der Waals surface area contributed by atoms with Gasteiger partial charge >= 0.3 is 0 Å². The van der Waals surface area contributed by atoms with Crippen LogP contribution in [-0.2, 0) is 0 Å². The summed E-state index contributed by atoms with van der Waals surface area (Å²) in [6.07, 6.45) is 19.7. The third-order valence-electron chi connectivity index (χ3n) is 8.03. The standard InChI is InChI=1S/C32H42/c1-2-3-4-5-6-9-26-14-20-31(21-15-26)32-24-18-28(19-25-32)13-12-27-16-22-30(23-17-27)29-10-7-8-11-29/h16-19,22-26,29,31H,2-11,14-15,20-21H2,1H3. The van der Waals surface area contributed by atoms with Crippen molar-refractivity contribution < 1.29 is 0 Å². The van der Waals surface area contributed by atoms with E-state index >= 15 is 0 Å². The molecule has 2 fully saturated rings. The summed E-state index contributed by atoms with van der Waals surface area (Å²) < 4.78 is 0. The highest BCUT2D eigenvalue weighted by atomic mass is 14.3. The average molecular weight is 427 g/mol. The van der Waals surface area contributed by atoms with Crippen molar-refractivity contribution in [3.63, 3.8) is 0 Å². The molecule has 2 aliphatic rings. The van der Waals surface area contributed by atoms with E-state index < -0.39 is 0 Å². The molecule has 0 unspecified atom stereocenters. The molecule has 0 heterocycles. The van der Waals surface area contributed by atoms with Crippen LogP contribution in [0, 0.1) is 17.8 Å². The van der Waals surface area contributed by atoms with E-state index in [2.05, 4.69) is 67.3 Å². The molecule has 0 saturated heterocycles. The Bertz CT molecular complexity index is 847. The lowest BCUT2D eigenvalue weighted by atomic mass is 9.77. The van der Waals surface area contributed by atoms with Gasteiger partial charge in [0.2, 0.25) is 0 Å². The maximum absolute atomic E-state index is 3.37. The lowest BCUT2D eigenvalue weighted by molar-refractivity contribution is 0.302. The normalized spacial score (nSPS) is 21.3. The fourth-order valence-electron chi connectivity index (χ4n) is 5.90. The molecular formula is C32H42. The molecule has 0 spiro atoms. The first-order valence-electron chi connectivity index (χ1n) is 13.5. The van der Waals surface area contributed by atoms with Gasteiger partial charge in [-0.2, -0.15) is 0 Å². The van der Waals surface area contributed by atoms with Crippen LogP contribution in [0.2, 0.25) is 0 Å². The summed E-state index contributed by atoms with van der Waals surface area (Å²) in [4.78, 5) is 0. The molecule has 0 aliphatic heterocycles. The molecule has 0 atom stereocenters. The van der Waals surface area contributed by atoms with E-state index in [1.54, 1.807) is 0 Å². The van der Waals surface area contributed by atoms with Crippen LogP contribution in [0.15, 0.2) is 48.5 Å². The molecular weight excluding hydrogens is 384 g/mol. The molecule has 0 bridgehead atoms. The van der Waals surface area contributed by atoms with Gasteiger partial charge in [-0.1, -0.05) is 94.4 Å². The first kappa shape index (κ1) is 23.2. The highest BCUT2D eigenvalue weighted by Crippen LogP contribution is 2.38. The third-order valence-corrected chi connectivity index (χ3v) is 8.03. The van der Waals surface area contributed by atoms with E-state index in [4.69, 9.17) is 0 Å². The van der Waals surface area contributed by atoms with Gasteiger partial charge in [0.1, 0.15) is 0 Å². The quantitative estimate of drug-likeness (QED) is 0.291. The van der Waals surface area contributed by atoms with Gasteiger partial charge < -0.3 is 0 Å². The van der Waals surface area contributed by atoms with Gasteiger partial charge in [-0.25, -0.2) is 0 Å². The van der Waals surface area contributed by atoms with Crippen molar-refractivity contribution in [2.45, 2.75) is 109 Å². The minimum atomic E-state index is 0.761. The van der Waals surface area contributed by atoms with Crippen LogP contribution in [-0.4, -0.2) is 0 Å². The fourth-order valence-corrected chi connectivity index (χ4v) is 5.90. The van der Waals surface area contributed by atoms with Crippen LogP contribution in [0.4, 0.5) is 0 Å². The second kappa shape index (κ2) is 12.3. The topological polar surface area (TPSA) is 0 Å². The van der Waals surface area contributed by atoms with Crippen molar-refractivity contribution in [2.24, 2.45) is 5.92 Å². The summed E-state index contributed by atoms with van der Waals surface area (Å²) in [5.41, 5.74) is 5.29. The number of hydrogen-bond donors (Lipinski definition) is 0. The lowest BCUT2D eigenvalue weighted by Gasteiger charge is -2.29. The van der Waals surface area contributed by atoms with Crippen molar-refractivity contribution in [3.8, 4) is 11.8 Å². The molecule has 32 heavy (non-hydrogen) atoms. The number of hydrogen-bond acceptors (Lipinski definition) is 0. The van der Waals surface area contributed by atoms with Crippen molar-refractivity contribution in [3.05, 3.63) is 70.8 Å². The van der Waals surface area contributed by atoms with Crippen LogP contribution in [0.3, 0.4) is 0 Å². The van der Waals surface area contributed by atoms with Crippen LogP contribution >= 0.6 is 0 Å². The third kappa shape index (κ3) is 6.75. The smallest absolute Gasteiger partial charge is 0.0249 e. The number of unbranched alkanes of at least 4 members (excludes halogenated alkanes) is 4. The molecule has 4 rings (SSSR count). The molecule has 170 valence electrons. The Morgan fingerprint density at radius 2 is 1.09 bits per heavy atom. The summed E-state index contributed by atoms with van der Waals surface area (Å²) in [6, 6.07) is 18.1. The SMILES string of the molecule is CCCCCCCC1CCC(c2ccc(C#Cc3ccc(C4CCCC4)cc3)cc2)CC1. The van der Waals surface area contributed by atoms with Crippen molar-refractivity contribution in [2.75, 3.05) is 0 Å². The Morgan fingerprint density at radius 1 is 0.594 bits per heavy atom. The van der Waals surface area contributed by atoms with Gasteiger partial charge in [-0.05, 0) is 91.7 Å². The lowest BCUT2D eigenvalue weighted by Crippen LogP contribution is -2.13. The summed E-state index contributed by atoms with van der Waals surface area (Å²) in [5.74, 6) is 9.27. The highest BCUT2D eigenvalue weighted by molar-refractivity contribution is 5.44. The summed E-state index contributed by atoms with van der Waals surface area (Å²) in [5, 5.41) is 0. The van der Waals surface area contributed by atoms with Gasteiger partial charge in [0.05, 0.1) is 0 Å². The Balaban J connectivity index is 1.23. The molecule has 0 heteroatoms. The summed E-state index contributed by atoms with van der Waals surface area (Å²) >= 11 is 0. The zero-order chi connectivity index (χ0) is 22.0. The van der Waals surface area contributed by atoms with Crippen LogP contribution in [0.1, 0.15) is 131 Å². The van der Waals surface area contributed by atoms with Crippen LogP contribution in [0.5, 0.6) is 0 Å². The number of benzene rings is 2. The van der Waals surface area contributed by atoms with Gasteiger partial charge in [-0.15, -0.1) is 0 Å². The predicted molar refractivity (Wildman–Crippen MR) is 138 cm³/mol. The molecule has 0 amide bonds. The molecule has 2 aromatic carbocycles. The Hall–Kier alpha value is -2.00. The summed E-state index contributed by atoms with van der Waals surface area (Å²) in [6.45, 7) is 2.30. The molecule has 0 aromatic heterocycles. The minimum Gasteiger partial charge on any atom is -0.0654 e. The highest BCUT2D eigenvalue weighted by Gasteiger charge is 2.22. The average Bonchev–Trinajstić information content (AvgIpc) is 3.39. The Labute approximate surface area is 197 Å². The van der Waals surface area contributed by atoms with Crippen molar-refractivity contribution in [1.82, 2.24) is 0 Å². The van der Waals surface area contributed by atoms with E-state index in [1.165, 1.54) is 101 Å². The van der Waals surface area contributed by atoms with Crippen molar-refractivity contribution in [1.29, 1.82) is 0 Å².